The molecule has 0 aliphatic carbocycles. The van der Waals surface area contributed by atoms with Crippen LogP contribution in [-0.2, 0) is 11.2 Å². The Kier molecular flexibility index (Phi) is 3.91. The minimum absolute atomic E-state index is 0.171. The standard InChI is InChI=1S/C18H13N3O3S/c22-16(19-12-6-7-15-14(8-12)21-18(23)24-15)9-13-10-25-17(20-13)11-4-2-1-3-5-11/h1-8,10H,9H2,(H,19,22)(H,21,23). The minimum atomic E-state index is -0.519. The van der Waals surface area contributed by atoms with Crippen molar-refractivity contribution in [1.29, 1.82) is 0 Å². The van der Waals surface area contributed by atoms with Crippen LogP contribution in [0.25, 0.3) is 21.7 Å². The topological polar surface area (TPSA) is 88.0 Å². The highest BCUT2D eigenvalue weighted by atomic mass is 32.1. The summed E-state index contributed by atoms with van der Waals surface area (Å²) in [5, 5.41) is 5.58. The van der Waals surface area contributed by atoms with E-state index in [1.807, 2.05) is 35.7 Å². The quantitative estimate of drug-likeness (QED) is 0.590. The molecule has 0 aliphatic rings. The maximum atomic E-state index is 12.2. The number of anilines is 1. The van der Waals surface area contributed by atoms with E-state index in [9.17, 15) is 9.59 Å². The summed E-state index contributed by atoms with van der Waals surface area (Å²) in [7, 11) is 0. The number of hydrogen-bond acceptors (Lipinski definition) is 5. The third-order valence-electron chi connectivity index (χ3n) is 3.62. The average molecular weight is 351 g/mol. The lowest BCUT2D eigenvalue weighted by molar-refractivity contribution is -0.115. The highest BCUT2D eigenvalue weighted by Crippen LogP contribution is 2.23. The summed E-state index contributed by atoms with van der Waals surface area (Å²) < 4.78 is 4.94. The molecular weight excluding hydrogens is 338 g/mol. The number of amides is 1. The fourth-order valence-corrected chi connectivity index (χ4v) is 3.33. The molecule has 0 aliphatic heterocycles. The molecule has 0 radical (unpaired) electrons. The monoisotopic (exact) mass is 351 g/mol. The van der Waals surface area contributed by atoms with Crippen LogP contribution >= 0.6 is 11.3 Å². The summed E-state index contributed by atoms with van der Waals surface area (Å²) in [5.41, 5.74) is 3.35. The van der Waals surface area contributed by atoms with Gasteiger partial charge in [-0.05, 0) is 18.2 Å². The van der Waals surface area contributed by atoms with Gasteiger partial charge in [-0.25, -0.2) is 9.78 Å². The Hall–Kier alpha value is -3.19. The van der Waals surface area contributed by atoms with Crippen LogP contribution in [0.15, 0.2) is 63.1 Å². The lowest BCUT2D eigenvalue weighted by Gasteiger charge is -2.03. The van der Waals surface area contributed by atoms with Crippen molar-refractivity contribution in [3.05, 3.63) is 70.2 Å². The van der Waals surface area contributed by atoms with E-state index in [2.05, 4.69) is 15.3 Å². The van der Waals surface area contributed by atoms with Crippen molar-refractivity contribution in [1.82, 2.24) is 9.97 Å². The molecule has 4 rings (SSSR count). The Morgan fingerprint density at radius 2 is 2.04 bits per heavy atom. The van der Waals surface area contributed by atoms with E-state index in [1.165, 1.54) is 11.3 Å². The van der Waals surface area contributed by atoms with Gasteiger partial charge >= 0.3 is 5.76 Å². The van der Waals surface area contributed by atoms with Crippen LogP contribution in [-0.4, -0.2) is 15.9 Å². The molecule has 0 unspecified atom stereocenters. The van der Waals surface area contributed by atoms with Crippen molar-refractivity contribution in [3.63, 3.8) is 0 Å². The van der Waals surface area contributed by atoms with E-state index in [-0.39, 0.29) is 12.3 Å². The average Bonchev–Trinajstić information content (AvgIpc) is 3.21. The van der Waals surface area contributed by atoms with Gasteiger partial charge in [0.15, 0.2) is 5.58 Å². The first-order valence-corrected chi connectivity index (χ1v) is 8.48. The van der Waals surface area contributed by atoms with Crippen LogP contribution in [0.3, 0.4) is 0 Å². The molecule has 0 fully saturated rings. The zero-order valence-electron chi connectivity index (χ0n) is 13.0. The van der Waals surface area contributed by atoms with Gasteiger partial charge in [-0.2, -0.15) is 0 Å². The molecule has 0 saturated heterocycles. The highest BCUT2D eigenvalue weighted by molar-refractivity contribution is 7.13. The number of oxazole rings is 1. The van der Waals surface area contributed by atoms with Gasteiger partial charge in [0.1, 0.15) is 5.01 Å². The van der Waals surface area contributed by atoms with Gasteiger partial charge in [-0.15, -0.1) is 11.3 Å². The zero-order chi connectivity index (χ0) is 17.2. The van der Waals surface area contributed by atoms with Crippen molar-refractivity contribution in [2.24, 2.45) is 0 Å². The van der Waals surface area contributed by atoms with Crippen LogP contribution in [0, 0.1) is 0 Å². The Bertz CT molecular complexity index is 1100. The number of nitrogens with zero attached hydrogens (tertiary/aromatic N) is 1. The Balaban J connectivity index is 1.46. The molecule has 0 saturated carbocycles. The minimum Gasteiger partial charge on any atom is -0.408 e. The van der Waals surface area contributed by atoms with Gasteiger partial charge in [0.25, 0.3) is 0 Å². The maximum Gasteiger partial charge on any atom is 0.417 e. The van der Waals surface area contributed by atoms with Gasteiger partial charge < -0.3 is 9.73 Å². The lowest BCUT2D eigenvalue weighted by Crippen LogP contribution is -2.14. The Morgan fingerprint density at radius 3 is 2.88 bits per heavy atom. The zero-order valence-corrected chi connectivity index (χ0v) is 13.8. The lowest BCUT2D eigenvalue weighted by atomic mass is 10.2. The Morgan fingerprint density at radius 1 is 1.20 bits per heavy atom. The number of thiazole rings is 1. The molecular formula is C18H13N3O3S. The molecule has 0 bridgehead atoms. The number of hydrogen-bond donors (Lipinski definition) is 2. The second-order valence-electron chi connectivity index (χ2n) is 5.46. The second-order valence-corrected chi connectivity index (χ2v) is 6.32. The molecule has 7 heteroatoms. The predicted octanol–water partition coefficient (Wildman–Crippen LogP) is 3.43. The second kappa shape index (κ2) is 6.37. The van der Waals surface area contributed by atoms with Crippen molar-refractivity contribution in [2.75, 3.05) is 5.32 Å². The van der Waals surface area contributed by atoms with E-state index in [4.69, 9.17) is 4.42 Å². The Labute approximate surface area is 146 Å². The molecule has 2 N–H and O–H groups in total. The third kappa shape index (κ3) is 3.36. The number of nitrogens with one attached hydrogen (secondary N) is 2. The molecule has 6 nitrogen and oxygen atoms in total. The molecule has 2 heterocycles. The summed E-state index contributed by atoms with van der Waals surface area (Å²) in [5.74, 6) is -0.690. The van der Waals surface area contributed by atoms with E-state index < -0.39 is 5.76 Å². The largest absolute Gasteiger partial charge is 0.417 e. The molecule has 124 valence electrons. The number of aromatic amines is 1. The molecule has 2 aromatic heterocycles. The van der Waals surface area contributed by atoms with Crippen LogP contribution in [0.5, 0.6) is 0 Å². The summed E-state index contributed by atoms with van der Waals surface area (Å²) in [6.07, 6.45) is 0.184. The van der Waals surface area contributed by atoms with E-state index in [1.54, 1.807) is 18.2 Å². The smallest absolute Gasteiger partial charge is 0.408 e. The van der Waals surface area contributed by atoms with Crippen LogP contribution in [0.4, 0.5) is 5.69 Å². The molecule has 0 spiro atoms. The van der Waals surface area contributed by atoms with Gasteiger partial charge in [0.05, 0.1) is 17.6 Å². The number of fused-ring (bicyclic) bond motifs is 1. The number of carbonyl (C=O) groups is 1. The first kappa shape index (κ1) is 15.3. The summed E-state index contributed by atoms with van der Waals surface area (Å²) >= 11 is 1.51. The van der Waals surface area contributed by atoms with Crippen LogP contribution in [0.2, 0.25) is 0 Å². The molecule has 25 heavy (non-hydrogen) atoms. The van der Waals surface area contributed by atoms with Gasteiger partial charge in [0, 0.05) is 16.6 Å². The van der Waals surface area contributed by atoms with Crippen molar-refractivity contribution in [3.8, 4) is 10.6 Å². The van der Waals surface area contributed by atoms with Crippen LogP contribution < -0.4 is 11.1 Å². The summed E-state index contributed by atoms with van der Waals surface area (Å²) in [6.45, 7) is 0. The summed E-state index contributed by atoms with van der Waals surface area (Å²) in [6, 6.07) is 14.8. The van der Waals surface area contributed by atoms with Gasteiger partial charge in [-0.1, -0.05) is 30.3 Å². The van der Waals surface area contributed by atoms with Gasteiger partial charge in [-0.3, -0.25) is 9.78 Å². The van der Waals surface area contributed by atoms with E-state index in [0.29, 0.717) is 16.8 Å². The first-order chi connectivity index (χ1) is 12.2. The molecule has 2 aromatic carbocycles. The fourth-order valence-electron chi connectivity index (χ4n) is 2.50. The predicted molar refractivity (Wildman–Crippen MR) is 96.7 cm³/mol. The van der Waals surface area contributed by atoms with Crippen molar-refractivity contribution >= 4 is 34.0 Å². The number of benzene rings is 2. The highest BCUT2D eigenvalue weighted by Gasteiger charge is 2.10. The van der Waals surface area contributed by atoms with Crippen molar-refractivity contribution < 1.29 is 9.21 Å². The van der Waals surface area contributed by atoms with E-state index in [0.717, 1.165) is 16.3 Å². The molecule has 1 amide bonds. The van der Waals surface area contributed by atoms with Crippen molar-refractivity contribution in [2.45, 2.75) is 6.42 Å². The number of carbonyl (C=O) groups excluding carboxylic acids is 1. The molecule has 0 atom stereocenters. The normalized spacial score (nSPS) is 10.9. The van der Waals surface area contributed by atoms with Crippen LogP contribution in [0.1, 0.15) is 5.69 Å². The third-order valence-corrected chi connectivity index (χ3v) is 4.56. The molecule has 4 aromatic rings. The number of rotatable bonds is 4. The number of aromatic nitrogens is 2. The van der Waals surface area contributed by atoms with Gasteiger partial charge in [0.2, 0.25) is 5.91 Å². The number of H-pyrrole nitrogens is 1. The van der Waals surface area contributed by atoms with E-state index >= 15 is 0 Å². The maximum absolute atomic E-state index is 12.2. The first-order valence-electron chi connectivity index (χ1n) is 7.60. The SMILES string of the molecule is O=C(Cc1csc(-c2ccccc2)n1)Nc1ccc2oc(=O)[nH]c2c1. The fraction of sp³-hybridized carbons (Fsp3) is 0.0556. The summed E-state index contributed by atoms with van der Waals surface area (Å²) in [4.78, 5) is 30.5.